The quantitative estimate of drug-likeness (QED) is 0.318. The van der Waals surface area contributed by atoms with E-state index in [1.807, 2.05) is 66.1 Å². The van der Waals surface area contributed by atoms with Crippen LogP contribution in [0.15, 0.2) is 76.5 Å². The van der Waals surface area contributed by atoms with E-state index in [4.69, 9.17) is 9.15 Å². The summed E-state index contributed by atoms with van der Waals surface area (Å²) in [7, 11) is 0. The summed E-state index contributed by atoms with van der Waals surface area (Å²) in [6.07, 6.45) is 1.60. The Bertz CT molecular complexity index is 1200. The lowest BCUT2D eigenvalue weighted by atomic mass is 10.0. The highest BCUT2D eigenvalue weighted by Gasteiger charge is 2.19. The van der Waals surface area contributed by atoms with E-state index in [9.17, 15) is 4.79 Å². The van der Waals surface area contributed by atoms with Gasteiger partial charge in [0.25, 0.3) is 0 Å². The Hall–Kier alpha value is -3.52. The lowest BCUT2D eigenvalue weighted by molar-refractivity contribution is -0.113. The van der Waals surface area contributed by atoms with Crippen LogP contribution < -0.4 is 10.1 Å². The molecule has 7 nitrogen and oxygen atoms in total. The van der Waals surface area contributed by atoms with E-state index < -0.39 is 0 Å². The summed E-state index contributed by atoms with van der Waals surface area (Å²) >= 11 is 1.32. The number of ether oxygens (including phenoxy) is 1. The number of nitrogens with one attached hydrogen (secondary N) is 1. The first-order valence-corrected chi connectivity index (χ1v) is 11.8. The predicted molar refractivity (Wildman–Crippen MR) is 130 cm³/mol. The fourth-order valence-electron chi connectivity index (χ4n) is 3.45. The number of amides is 1. The lowest BCUT2D eigenvalue weighted by Crippen LogP contribution is -2.16. The first-order chi connectivity index (χ1) is 16.1. The van der Waals surface area contributed by atoms with Crippen molar-refractivity contribution in [2.75, 3.05) is 17.7 Å². The van der Waals surface area contributed by atoms with Crippen LogP contribution in [0.3, 0.4) is 0 Å². The summed E-state index contributed by atoms with van der Waals surface area (Å²) in [6, 6.07) is 19.2. The van der Waals surface area contributed by atoms with Crippen LogP contribution in [0.25, 0.3) is 17.3 Å². The zero-order chi connectivity index (χ0) is 23.2. The maximum Gasteiger partial charge on any atom is 0.234 e. The second kappa shape index (κ2) is 10.4. The maximum atomic E-state index is 12.7. The molecular weight excluding hydrogens is 436 g/mol. The summed E-state index contributed by atoms with van der Waals surface area (Å²) in [5.41, 5.74) is 2.79. The van der Waals surface area contributed by atoms with Crippen LogP contribution in [0.1, 0.15) is 32.3 Å². The highest BCUT2D eigenvalue weighted by molar-refractivity contribution is 7.99. The van der Waals surface area contributed by atoms with Gasteiger partial charge in [-0.25, -0.2) is 0 Å². The minimum Gasteiger partial charge on any atom is -0.494 e. The third kappa shape index (κ3) is 5.28. The average molecular weight is 463 g/mol. The van der Waals surface area contributed by atoms with Crippen molar-refractivity contribution in [3.63, 3.8) is 0 Å². The van der Waals surface area contributed by atoms with Gasteiger partial charge in [-0.1, -0.05) is 43.8 Å². The molecular formula is C25H26N4O3S. The van der Waals surface area contributed by atoms with Crippen molar-refractivity contribution in [3.05, 3.63) is 72.5 Å². The molecule has 33 heavy (non-hydrogen) atoms. The predicted octanol–water partition coefficient (Wildman–Crippen LogP) is 5.78. The van der Waals surface area contributed by atoms with Crippen molar-refractivity contribution in [3.8, 4) is 23.0 Å². The molecule has 2 aromatic heterocycles. The summed E-state index contributed by atoms with van der Waals surface area (Å²) in [6.45, 7) is 6.76. The number of carbonyl (C=O) groups is 1. The second-order valence-corrected chi connectivity index (χ2v) is 8.57. The van der Waals surface area contributed by atoms with Gasteiger partial charge in [0.2, 0.25) is 11.7 Å². The number of hydrogen-bond donors (Lipinski definition) is 1. The van der Waals surface area contributed by atoms with Gasteiger partial charge in [-0.15, -0.1) is 10.2 Å². The first kappa shape index (κ1) is 22.7. The Kier molecular flexibility index (Phi) is 7.14. The number of hydrogen-bond acceptors (Lipinski definition) is 6. The molecule has 0 unspecified atom stereocenters. The largest absolute Gasteiger partial charge is 0.494 e. The third-order valence-corrected chi connectivity index (χ3v) is 5.90. The number of nitrogens with zero attached hydrogens (tertiary/aromatic N) is 3. The molecule has 0 atom stereocenters. The fraction of sp³-hybridized carbons (Fsp3) is 0.240. The van der Waals surface area contributed by atoms with Crippen molar-refractivity contribution in [2.24, 2.45) is 0 Å². The van der Waals surface area contributed by atoms with Crippen molar-refractivity contribution < 1.29 is 13.9 Å². The van der Waals surface area contributed by atoms with Crippen LogP contribution in [0.4, 0.5) is 5.69 Å². The van der Waals surface area contributed by atoms with Gasteiger partial charge < -0.3 is 14.5 Å². The van der Waals surface area contributed by atoms with Gasteiger partial charge >= 0.3 is 0 Å². The van der Waals surface area contributed by atoms with Crippen molar-refractivity contribution in [2.45, 2.75) is 31.8 Å². The van der Waals surface area contributed by atoms with Crippen LogP contribution in [0.5, 0.6) is 5.75 Å². The molecule has 170 valence electrons. The summed E-state index contributed by atoms with van der Waals surface area (Å²) in [5.74, 6) is 2.35. The molecule has 0 saturated carbocycles. The van der Waals surface area contributed by atoms with E-state index in [1.165, 1.54) is 11.8 Å². The molecule has 0 aliphatic heterocycles. The molecule has 0 radical (unpaired) electrons. The van der Waals surface area contributed by atoms with Gasteiger partial charge in [0, 0.05) is 5.69 Å². The van der Waals surface area contributed by atoms with Gasteiger partial charge in [-0.2, -0.15) is 0 Å². The lowest BCUT2D eigenvalue weighted by Gasteiger charge is -2.14. The molecule has 1 N–H and O–H groups in total. The van der Waals surface area contributed by atoms with Gasteiger partial charge in [0.05, 0.1) is 24.3 Å². The van der Waals surface area contributed by atoms with E-state index in [1.54, 1.807) is 12.3 Å². The van der Waals surface area contributed by atoms with E-state index in [0.29, 0.717) is 29.3 Å². The first-order valence-electron chi connectivity index (χ1n) is 10.8. The van der Waals surface area contributed by atoms with Crippen LogP contribution in [0, 0.1) is 0 Å². The number of carbonyl (C=O) groups excluding carboxylic acids is 1. The van der Waals surface area contributed by atoms with E-state index in [2.05, 4.69) is 29.4 Å². The Morgan fingerprint density at radius 2 is 1.88 bits per heavy atom. The molecule has 2 heterocycles. The summed E-state index contributed by atoms with van der Waals surface area (Å²) in [5, 5.41) is 12.3. The Balaban J connectivity index is 1.56. The molecule has 8 heteroatoms. The second-order valence-electron chi connectivity index (χ2n) is 7.62. The molecule has 0 spiro atoms. The minimum atomic E-state index is -0.103. The molecule has 0 aliphatic carbocycles. The zero-order valence-corrected chi connectivity index (χ0v) is 19.6. The van der Waals surface area contributed by atoms with Gasteiger partial charge in [0.15, 0.2) is 10.9 Å². The SMILES string of the molecule is CCOc1ccc(-n2c(SCC(=O)Nc3ccccc3C(C)C)nnc2-c2ccco2)cc1. The van der Waals surface area contributed by atoms with Crippen molar-refractivity contribution in [1.82, 2.24) is 14.8 Å². The zero-order valence-electron chi connectivity index (χ0n) is 18.8. The molecule has 2 aromatic carbocycles. The number of thioether (sulfide) groups is 1. The van der Waals surface area contributed by atoms with Crippen molar-refractivity contribution >= 4 is 23.4 Å². The summed E-state index contributed by atoms with van der Waals surface area (Å²) < 4.78 is 13.0. The number of aromatic nitrogens is 3. The van der Waals surface area contributed by atoms with Crippen LogP contribution in [0.2, 0.25) is 0 Å². The highest BCUT2D eigenvalue weighted by Crippen LogP contribution is 2.30. The average Bonchev–Trinajstić information content (AvgIpc) is 3.48. The molecule has 4 aromatic rings. The van der Waals surface area contributed by atoms with E-state index in [-0.39, 0.29) is 11.7 Å². The maximum absolute atomic E-state index is 12.7. The topological polar surface area (TPSA) is 82.2 Å². The number of para-hydroxylation sites is 1. The number of furan rings is 1. The summed E-state index contributed by atoms with van der Waals surface area (Å²) in [4.78, 5) is 12.7. The fourth-order valence-corrected chi connectivity index (χ4v) is 4.20. The number of rotatable bonds is 9. The Morgan fingerprint density at radius 3 is 2.58 bits per heavy atom. The van der Waals surface area contributed by atoms with Crippen molar-refractivity contribution in [1.29, 1.82) is 0 Å². The monoisotopic (exact) mass is 462 g/mol. The molecule has 1 amide bonds. The van der Waals surface area contributed by atoms with Crippen LogP contribution >= 0.6 is 11.8 Å². The molecule has 0 bridgehead atoms. The molecule has 4 rings (SSSR count). The number of anilines is 1. The Labute approximate surface area is 197 Å². The molecule has 0 saturated heterocycles. The molecule has 0 aliphatic rings. The third-order valence-electron chi connectivity index (χ3n) is 4.97. The van der Waals surface area contributed by atoms with E-state index in [0.717, 1.165) is 22.7 Å². The van der Waals surface area contributed by atoms with Gasteiger partial charge in [-0.3, -0.25) is 9.36 Å². The van der Waals surface area contributed by atoms with Crippen LogP contribution in [-0.2, 0) is 4.79 Å². The minimum absolute atomic E-state index is 0.103. The highest BCUT2D eigenvalue weighted by atomic mass is 32.2. The van der Waals surface area contributed by atoms with Gasteiger partial charge in [0.1, 0.15) is 5.75 Å². The number of benzene rings is 2. The van der Waals surface area contributed by atoms with Gasteiger partial charge in [-0.05, 0) is 60.9 Å². The van der Waals surface area contributed by atoms with Crippen LogP contribution in [-0.4, -0.2) is 33.0 Å². The molecule has 0 fully saturated rings. The standard InChI is InChI=1S/C25H26N4O3S/c1-4-31-19-13-11-18(12-14-19)29-24(22-10-7-15-32-22)27-28-25(29)33-16-23(30)26-21-9-6-5-8-20(21)17(2)3/h5-15,17H,4,16H2,1-3H3,(H,26,30). The Morgan fingerprint density at radius 1 is 1.09 bits per heavy atom. The smallest absolute Gasteiger partial charge is 0.234 e. The van der Waals surface area contributed by atoms with E-state index >= 15 is 0 Å². The normalized spacial score (nSPS) is 11.0.